The molecule has 0 bridgehead atoms. The van der Waals surface area contributed by atoms with Crippen LogP contribution in [-0.4, -0.2) is 16.8 Å². The average molecular weight is 304 g/mol. The maximum atomic E-state index is 12.2. The maximum absolute atomic E-state index is 12.2. The summed E-state index contributed by atoms with van der Waals surface area (Å²) in [6.07, 6.45) is 6.58. The summed E-state index contributed by atoms with van der Waals surface area (Å²) in [5.74, 6) is 1.25. The fourth-order valence-electron chi connectivity index (χ4n) is 2.63. The normalized spacial score (nSPS) is 29.4. The van der Waals surface area contributed by atoms with E-state index in [1.54, 1.807) is 0 Å². The Morgan fingerprint density at radius 1 is 1.35 bits per heavy atom. The third-order valence-electron chi connectivity index (χ3n) is 4.23. The molecule has 0 aliphatic heterocycles. The first-order valence-electron chi connectivity index (χ1n) is 6.95. The molecule has 0 saturated heterocycles. The first-order chi connectivity index (χ1) is 8.06. The topological polar surface area (TPSA) is 29.1 Å². The van der Waals surface area contributed by atoms with Crippen molar-refractivity contribution in [3.63, 3.8) is 0 Å². The number of rotatable bonds is 5. The summed E-state index contributed by atoms with van der Waals surface area (Å²) in [5, 5.41) is 4.21. The third-order valence-corrected chi connectivity index (χ3v) is 5.31. The van der Waals surface area contributed by atoms with Crippen molar-refractivity contribution in [2.45, 2.75) is 64.8 Å². The van der Waals surface area contributed by atoms with E-state index in [9.17, 15) is 4.79 Å². The van der Waals surface area contributed by atoms with Crippen molar-refractivity contribution in [2.24, 2.45) is 11.8 Å². The average Bonchev–Trinajstić information content (AvgIpc) is 2.34. The molecule has 0 aromatic rings. The summed E-state index contributed by atoms with van der Waals surface area (Å²) in [6.45, 7) is 6.50. The molecule has 0 unspecified atom stereocenters. The fraction of sp³-hybridized carbons (Fsp3) is 0.929. The number of nitrogens with one attached hydrogen (secondary N) is 1. The van der Waals surface area contributed by atoms with Gasteiger partial charge in [-0.1, -0.05) is 36.7 Å². The molecule has 0 spiro atoms. The monoisotopic (exact) mass is 303 g/mol. The van der Waals surface area contributed by atoms with Crippen molar-refractivity contribution in [2.75, 3.05) is 5.33 Å². The zero-order valence-electron chi connectivity index (χ0n) is 11.4. The molecule has 1 fully saturated rings. The van der Waals surface area contributed by atoms with Crippen LogP contribution in [0.25, 0.3) is 0 Å². The number of hydrogen-bond donors (Lipinski definition) is 1. The Bertz CT molecular complexity index is 243. The van der Waals surface area contributed by atoms with E-state index in [0.717, 1.165) is 36.9 Å². The second-order valence-electron chi connectivity index (χ2n) is 5.60. The number of amides is 1. The molecule has 1 rings (SSSR count). The molecule has 3 heteroatoms. The fourth-order valence-corrected chi connectivity index (χ4v) is 3.33. The lowest BCUT2D eigenvalue weighted by molar-refractivity contribution is -0.127. The highest BCUT2D eigenvalue weighted by Crippen LogP contribution is 2.33. The van der Waals surface area contributed by atoms with Gasteiger partial charge in [-0.05, 0) is 44.4 Å². The Balaban J connectivity index is 2.59. The Kier molecular flexibility index (Phi) is 5.98. The van der Waals surface area contributed by atoms with Crippen molar-refractivity contribution >= 4 is 21.8 Å². The third kappa shape index (κ3) is 3.97. The summed E-state index contributed by atoms with van der Waals surface area (Å²) < 4.78 is 0. The minimum atomic E-state index is 0.0200. The van der Waals surface area contributed by atoms with E-state index in [1.165, 1.54) is 12.8 Å². The van der Waals surface area contributed by atoms with Crippen molar-refractivity contribution < 1.29 is 4.79 Å². The van der Waals surface area contributed by atoms with Crippen LogP contribution < -0.4 is 5.32 Å². The number of carbonyl (C=O) groups excluding carboxylic acids is 1. The molecular weight excluding hydrogens is 278 g/mol. The highest BCUT2D eigenvalue weighted by Gasteiger charge is 2.35. The van der Waals surface area contributed by atoms with Crippen LogP contribution >= 0.6 is 15.9 Å². The predicted molar refractivity (Wildman–Crippen MR) is 76.4 cm³/mol. The van der Waals surface area contributed by atoms with Crippen molar-refractivity contribution in [3.8, 4) is 0 Å². The molecule has 0 heterocycles. The van der Waals surface area contributed by atoms with Gasteiger partial charge in [0, 0.05) is 16.8 Å². The maximum Gasteiger partial charge on any atom is 0.223 e. The zero-order valence-corrected chi connectivity index (χ0v) is 13.0. The molecule has 17 heavy (non-hydrogen) atoms. The number of hydrogen-bond acceptors (Lipinski definition) is 1. The van der Waals surface area contributed by atoms with Crippen molar-refractivity contribution in [1.82, 2.24) is 5.32 Å². The van der Waals surface area contributed by atoms with Gasteiger partial charge in [0.1, 0.15) is 0 Å². The highest BCUT2D eigenvalue weighted by atomic mass is 79.9. The van der Waals surface area contributed by atoms with Gasteiger partial charge in [0.05, 0.1) is 0 Å². The SMILES string of the molecule is CCC(CC)C(=O)NC1(CBr)CCC(C)CC1. The Hall–Kier alpha value is -0.0500. The van der Waals surface area contributed by atoms with Crippen molar-refractivity contribution in [1.29, 1.82) is 0 Å². The van der Waals surface area contributed by atoms with Crippen LogP contribution in [0.4, 0.5) is 0 Å². The van der Waals surface area contributed by atoms with Crippen LogP contribution in [0.3, 0.4) is 0 Å². The van der Waals surface area contributed by atoms with Gasteiger partial charge in [0.25, 0.3) is 0 Å². The molecule has 0 aromatic carbocycles. The van der Waals surface area contributed by atoms with Crippen LogP contribution in [0.5, 0.6) is 0 Å². The minimum Gasteiger partial charge on any atom is -0.350 e. The summed E-state index contributed by atoms with van der Waals surface area (Å²) in [5.41, 5.74) is 0.0200. The Morgan fingerprint density at radius 2 is 1.88 bits per heavy atom. The first-order valence-corrected chi connectivity index (χ1v) is 8.07. The van der Waals surface area contributed by atoms with Gasteiger partial charge in [0.15, 0.2) is 0 Å². The standard InChI is InChI=1S/C14H26BrNO/c1-4-12(5-2)13(17)16-14(10-15)8-6-11(3)7-9-14/h11-12H,4-10H2,1-3H3,(H,16,17). The lowest BCUT2D eigenvalue weighted by atomic mass is 9.78. The van der Waals surface area contributed by atoms with E-state index >= 15 is 0 Å². The van der Waals surface area contributed by atoms with Crippen LogP contribution in [0, 0.1) is 11.8 Å². The largest absolute Gasteiger partial charge is 0.350 e. The molecule has 2 nitrogen and oxygen atoms in total. The van der Waals surface area contributed by atoms with Crippen LogP contribution in [0.15, 0.2) is 0 Å². The van der Waals surface area contributed by atoms with Gasteiger partial charge in [0.2, 0.25) is 5.91 Å². The molecule has 1 aliphatic carbocycles. The summed E-state index contributed by atoms with van der Waals surface area (Å²) in [7, 11) is 0. The molecule has 0 aromatic heterocycles. The van der Waals surface area contributed by atoms with E-state index in [-0.39, 0.29) is 17.4 Å². The van der Waals surface area contributed by atoms with E-state index in [0.29, 0.717) is 0 Å². The highest BCUT2D eigenvalue weighted by molar-refractivity contribution is 9.09. The van der Waals surface area contributed by atoms with Gasteiger partial charge in [-0.2, -0.15) is 0 Å². The second kappa shape index (κ2) is 6.77. The summed E-state index contributed by atoms with van der Waals surface area (Å²) >= 11 is 3.59. The van der Waals surface area contributed by atoms with Crippen LogP contribution in [0.1, 0.15) is 59.3 Å². The van der Waals surface area contributed by atoms with E-state index in [2.05, 4.69) is 42.0 Å². The van der Waals surface area contributed by atoms with Gasteiger partial charge >= 0.3 is 0 Å². The molecule has 0 atom stereocenters. The van der Waals surface area contributed by atoms with Crippen LogP contribution in [-0.2, 0) is 4.79 Å². The first kappa shape index (κ1) is 15.0. The van der Waals surface area contributed by atoms with Crippen LogP contribution in [0.2, 0.25) is 0 Å². The predicted octanol–water partition coefficient (Wildman–Crippen LogP) is 3.88. The Morgan fingerprint density at radius 3 is 2.29 bits per heavy atom. The lowest BCUT2D eigenvalue weighted by Crippen LogP contribution is -2.53. The quantitative estimate of drug-likeness (QED) is 0.767. The molecule has 1 saturated carbocycles. The van der Waals surface area contributed by atoms with Gasteiger partial charge in [-0.15, -0.1) is 0 Å². The molecule has 1 aliphatic rings. The molecule has 100 valence electrons. The van der Waals surface area contributed by atoms with Gasteiger partial charge < -0.3 is 5.32 Å². The molecule has 1 amide bonds. The lowest BCUT2D eigenvalue weighted by Gasteiger charge is -2.39. The summed E-state index contributed by atoms with van der Waals surface area (Å²) in [4.78, 5) is 12.2. The van der Waals surface area contributed by atoms with Gasteiger partial charge in [-0.3, -0.25) is 4.79 Å². The summed E-state index contributed by atoms with van der Waals surface area (Å²) in [6, 6.07) is 0. The number of alkyl halides is 1. The number of carbonyl (C=O) groups is 1. The van der Waals surface area contributed by atoms with Gasteiger partial charge in [-0.25, -0.2) is 0 Å². The second-order valence-corrected chi connectivity index (χ2v) is 6.16. The smallest absolute Gasteiger partial charge is 0.223 e. The van der Waals surface area contributed by atoms with Crippen molar-refractivity contribution in [3.05, 3.63) is 0 Å². The molecule has 1 N–H and O–H groups in total. The Labute approximate surface area is 114 Å². The number of halogens is 1. The van der Waals surface area contributed by atoms with E-state index in [4.69, 9.17) is 0 Å². The molecule has 0 radical (unpaired) electrons. The van der Waals surface area contributed by atoms with E-state index in [1.807, 2.05) is 0 Å². The zero-order chi connectivity index (χ0) is 12.9. The minimum absolute atomic E-state index is 0.0200. The van der Waals surface area contributed by atoms with E-state index < -0.39 is 0 Å². The molecular formula is C14H26BrNO.